The second-order valence-corrected chi connectivity index (χ2v) is 7.88. The van der Waals surface area contributed by atoms with Crippen LogP contribution in [-0.4, -0.2) is 20.7 Å². The Morgan fingerprint density at radius 1 is 1.06 bits per heavy atom. The van der Waals surface area contributed by atoms with E-state index in [-0.39, 0.29) is 17.8 Å². The van der Waals surface area contributed by atoms with Crippen LogP contribution in [0, 0.1) is 5.82 Å². The minimum atomic E-state index is -0.483. The van der Waals surface area contributed by atoms with Crippen molar-refractivity contribution < 1.29 is 9.18 Å². The van der Waals surface area contributed by atoms with Crippen LogP contribution in [0.15, 0.2) is 67.0 Å². The molecule has 0 saturated heterocycles. The molecule has 0 saturated carbocycles. The molecule has 0 fully saturated rings. The number of carbonyl (C=O) groups is 1. The number of nitrogens with zero attached hydrogens (tertiary/aromatic N) is 3. The highest BCUT2D eigenvalue weighted by atomic mass is 19.1. The van der Waals surface area contributed by atoms with E-state index in [4.69, 9.17) is 0 Å². The smallest absolute Gasteiger partial charge is 0.253 e. The number of hydrogen-bond acceptors (Lipinski definition) is 3. The van der Waals surface area contributed by atoms with E-state index in [1.807, 2.05) is 48.9 Å². The van der Waals surface area contributed by atoms with Crippen LogP contribution in [0.4, 0.5) is 4.39 Å². The number of halogens is 1. The Morgan fingerprint density at radius 3 is 2.52 bits per heavy atom. The van der Waals surface area contributed by atoms with E-state index >= 15 is 0 Å². The molecule has 31 heavy (non-hydrogen) atoms. The van der Waals surface area contributed by atoms with Crippen molar-refractivity contribution in [2.75, 3.05) is 0 Å². The maximum absolute atomic E-state index is 13.9. The molecular weight excluding hydrogens is 391 g/mol. The zero-order valence-corrected chi connectivity index (χ0v) is 17.8. The third kappa shape index (κ3) is 4.33. The third-order valence-electron chi connectivity index (χ3n) is 5.36. The molecule has 2 heterocycles. The average Bonchev–Trinajstić information content (AvgIpc) is 3.21. The Kier molecular flexibility index (Phi) is 5.80. The van der Waals surface area contributed by atoms with Crippen molar-refractivity contribution in [1.82, 2.24) is 20.1 Å². The zero-order valence-electron chi connectivity index (χ0n) is 17.8. The van der Waals surface area contributed by atoms with Gasteiger partial charge < -0.3 is 5.32 Å². The van der Waals surface area contributed by atoms with E-state index in [2.05, 4.69) is 22.3 Å². The van der Waals surface area contributed by atoms with Crippen molar-refractivity contribution in [2.24, 2.45) is 0 Å². The lowest BCUT2D eigenvalue weighted by atomic mass is 9.96. The number of rotatable bonds is 6. The fraction of sp³-hybridized carbons (Fsp3) is 0.240. The van der Waals surface area contributed by atoms with Gasteiger partial charge in [0, 0.05) is 17.6 Å². The summed E-state index contributed by atoms with van der Waals surface area (Å²) in [5, 5.41) is 8.21. The Balaban J connectivity index is 1.67. The number of benzene rings is 2. The molecule has 1 amide bonds. The highest BCUT2D eigenvalue weighted by Crippen LogP contribution is 2.25. The summed E-state index contributed by atoms with van der Waals surface area (Å²) in [7, 11) is 0. The summed E-state index contributed by atoms with van der Waals surface area (Å²) in [6.07, 6.45) is 4.20. The van der Waals surface area contributed by atoms with Crippen LogP contribution in [0.25, 0.3) is 11.0 Å². The highest BCUT2D eigenvalue weighted by molar-refractivity contribution is 5.97. The minimum Gasteiger partial charge on any atom is -0.341 e. The Labute approximate surface area is 180 Å². The molecular formula is C25H25FN4O. The fourth-order valence-corrected chi connectivity index (χ4v) is 3.65. The van der Waals surface area contributed by atoms with E-state index < -0.39 is 6.04 Å². The number of carbonyl (C=O) groups excluding carboxylic acids is 1. The van der Waals surface area contributed by atoms with Crippen molar-refractivity contribution in [3.05, 3.63) is 95.1 Å². The lowest BCUT2D eigenvalue weighted by Crippen LogP contribution is -2.29. The van der Waals surface area contributed by atoms with Gasteiger partial charge in [-0.1, -0.05) is 43.3 Å². The molecule has 5 nitrogen and oxygen atoms in total. The first-order chi connectivity index (χ1) is 15.0. The Morgan fingerprint density at radius 2 is 1.84 bits per heavy atom. The third-order valence-corrected chi connectivity index (χ3v) is 5.36. The van der Waals surface area contributed by atoms with Crippen LogP contribution in [0.1, 0.15) is 59.9 Å². The average molecular weight is 417 g/mol. The summed E-state index contributed by atoms with van der Waals surface area (Å²) in [5.74, 6) is -0.619. The molecule has 0 aliphatic heterocycles. The first-order valence-electron chi connectivity index (χ1n) is 10.4. The number of nitrogens with one attached hydrogen (secondary N) is 1. The molecule has 0 spiro atoms. The summed E-state index contributed by atoms with van der Waals surface area (Å²) in [4.78, 5) is 17.6. The molecule has 0 aliphatic carbocycles. The van der Waals surface area contributed by atoms with E-state index in [9.17, 15) is 9.18 Å². The molecule has 1 atom stereocenters. The lowest BCUT2D eigenvalue weighted by Gasteiger charge is -2.20. The largest absolute Gasteiger partial charge is 0.341 e. The number of pyridine rings is 1. The van der Waals surface area contributed by atoms with Gasteiger partial charge in [0.15, 0.2) is 5.65 Å². The van der Waals surface area contributed by atoms with Crippen molar-refractivity contribution >= 4 is 16.9 Å². The standard InChI is InChI=1S/C25H25FN4O/c1-4-17-8-10-18(11-9-17)23(19-6-5-7-22(26)13-19)29-25(31)21-12-20-15-28-30(16(2)3)24(20)27-14-21/h5-16,23H,4H2,1-3H3,(H,29,31). The molecule has 4 aromatic rings. The number of aryl methyl sites for hydroxylation is 1. The molecule has 0 bridgehead atoms. The van der Waals surface area contributed by atoms with E-state index in [0.29, 0.717) is 11.1 Å². The molecule has 0 radical (unpaired) electrons. The lowest BCUT2D eigenvalue weighted by molar-refractivity contribution is 0.0942. The van der Waals surface area contributed by atoms with Crippen LogP contribution in [0.2, 0.25) is 0 Å². The molecule has 158 valence electrons. The summed E-state index contributed by atoms with van der Waals surface area (Å²) in [5.41, 5.74) is 3.94. The van der Waals surface area contributed by atoms with Crippen LogP contribution < -0.4 is 5.32 Å². The number of hydrogen-bond donors (Lipinski definition) is 1. The van der Waals surface area contributed by atoms with Gasteiger partial charge >= 0.3 is 0 Å². The SMILES string of the molecule is CCc1ccc(C(NC(=O)c2cnc3c(cnn3C(C)C)c2)c2cccc(F)c2)cc1. The number of amides is 1. The van der Waals surface area contributed by atoms with Gasteiger partial charge in [-0.05, 0) is 55.2 Å². The summed E-state index contributed by atoms with van der Waals surface area (Å²) in [6, 6.07) is 15.8. The van der Waals surface area contributed by atoms with Gasteiger partial charge in [-0.2, -0.15) is 5.10 Å². The molecule has 2 aromatic carbocycles. The number of fused-ring (bicyclic) bond motifs is 1. The van der Waals surface area contributed by atoms with Crippen LogP contribution in [0.5, 0.6) is 0 Å². The Hall–Kier alpha value is -3.54. The first kappa shape index (κ1) is 20.7. The zero-order chi connectivity index (χ0) is 22.0. The summed E-state index contributed by atoms with van der Waals surface area (Å²) in [6.45, 7) is 6.15. The van der Waals surface area contributed by atoms with Gasteiger partial charge in [-0.25, -0.2) is 14.1 Å². The van der Waals surface area contributed by atoms with Gasteiger partial charge in [-0.3, -0.25) is 4.79 Å². The predicted octanol–water partition coefficient (Wildman–Crippen LogP) is 5.23. The second-order valence-electron chi connectivity index (χ2n) is 7.88. The van der Waals surface area contributed by atoms with Gasteiger partial charge in [0.25, 0.3) is 5.91 Å². The normalized spacial score (nSPS) is 12.3. The monoisotopic (exact) mass is 416 g/mol. The minimum absolute atomic E-state index is 0.174. The quantitative estimate of drug-likeness (QED) is 0.468. The molecule has 1 unspecified atom stereocenters. The van der Waals surface area contributed by atoms with Gasteiger partial charge in [0.2, 0.25) is 0 Å². The number of aromatic nitrogens is 3. The molecule has 6 heteroatoms. The van der Waals surface area contributed by atoms with Crippen LogP contribution >= 0.6 is 0 Å². The fourth-order valence-electron chi connectivity index (χ4n) is 3.65. The van der Waals surface area contributed by atoms with E-state index in [0.717, 1.165) is 23.0 Å². The molecule has 2 aromatic heterocycles. The van der Waals surface area contributed by atoms with Gasteiger partial charge in [-0.15, -0.1) is 0 Å². The maximum Gasteiger partial charge on any atom is 0.253 e. The van der Waals surface area contributed by atoms with Gasteiger partial charge in [0.05, 0.1) is 17.8 Å². The summed E-state index contributed by atoms with van der Waals surface area (Å²) >= 11 is 0. The molecule has 4 rings (SSSR count). The van der Waals surface area contributed by atoms with Crippen molar-refractivity contribution in [3.63, 3.8) is 0 Å². The van der Waals surface area contributed by atoms with E-state index in [1.165, 1.54) is 17.7 Å². The van der Waals surface area contributed by atoms with Crippen molar-refractivity contribution in [1.29, 1.82) is 0 Å². The van der Waals surface area contributed by atoms with Crippen molar-refractivity contribution in [3.8, 4) is 0 Å². The summed E-state index contributed by atoms with van der Waals surface area (Å²) < 4.78 is 15.8. The first-order valence-corrected chi connectivity index (χ1v) is 10.4. The van der Waals surface area contributed by atoms with Crippen LogP contribution in [0.3, 0.4) is 0 Å². The van der Waals surface area contributed by atoms with Crippen molar-refractivity contribution in [2.45, 2.75) is 39.3 Å². The second kappa shape index (κ2) is 8.68. The topological polar surface area (TPSA) is 59.8 Å². The van der Waals surface area contributed by atoms with Crippen LogP contribution in [-0.2, 0) is 6.42 Å². The predicted molar refractivity (Wildman–Crippen MR) is 119 cm³/mol. The van der Waals surface area contributed by atoms with Gasteiger partial charge in [0.1, 0.15) is 5.82 Å². The van der Waals surface area contributed by atoms with E-state index in [1.54, 1.807) is 24.5 Å². The molecule has 1 N–H and O–H groups in total. The Bertz CT molecular complexity index is 1210. The molecule has 0 aliphatic rings. The maximum atomic E-state index is 13.9. The highest BCUT2D eigenvalue weighted by Gasteiger charge is 2.20.